The van der Waals surface area contributed by atoms with E-state index in [1.54, 1.807) is 12.5 Å². The Balaban J connectivity index is 1.62. The van der Waals surface area contributed by atoms with Gasteiger partial charge in [-0.3, -0.25) is 4.55 Å². The summed E-state index contributed by atoms with van der Waals surface area (Å²) in [5.74, 6) is 0. The number of nitriles is 1. The first kappa shape index (κ1) is 23.8. The van der Waals surface area contributed by atoms with Gasteiger partial charge in [-0.15, -0.1) is 0 Å². The van der Waals surface area contributed by atoms with Crippen LogP contribution in [0.4, 0.5) is 11.4 Å². The number of aromatic amines is 1. The second kappa shape index (κ2) is 10.7. The van der Waals surface area contributed by atoms with E-state index < -0.39 is 11.3 Å². The van der Waals surface area contributed by atoms with Crippen molar-refractivity contribution in [2.75, 3.05) is 15.9 Å². The van der Waals surface area contributed by atoms with Crippen LogP contribution in [0.3, 0.4) is 0 Å². The lowest BCUT2D eigenvalue weighted by Gasteiger charge is -2.38. The zero-order valence-corrected chi connectivity index (χ0v) is 20.4. The van der Waals surface area contributed by atoms with Gasteiger partial charge in [-0.1, -0.05) is 48.5 Å². The molecule has 3 aromatic carbocycles. The molecule has 0 amide bonds. The number of anilines is 2. The molecule has 5 rings (SSSR count). The minimum absolute atomic E-state index is 0.149. The van der Waals surface area contributed by atoms with Crippen molar-refractivity contribution in [3.8, 4) is 6.07 Å². The van der Waals surface area contributed by atoms with E-state index in [9.17, 15) is 14.0 Å². The number of hydrazine groups is 1. The maximum atomic E-state index is 12.8. The number of fused-ring (bicyclic) bond motifs is 1. The number of H-pyrrole nitrogens is 1. The molecule has 1 aliphatic rings. The number of nitrogens with zero attached hydrogens (tertiary/aromatic N) is 5. The molecule has 2 heterocycles. The highest BCUT2D eigenvalue weighted by atomic mass is 32.2. The quantitative estimate of drug-likeness (QED) is 0.369. The van der Waals surface area contributed by atoms with Gasteiger partial charge in [0.15, 0.2) is 0 Å². The van der Waals surface area contributed by atoms with E-state index in [2.05, 4.69) is 33.1 Å². The Morgan fingerprint density at radius 3 is 2.53 bits per heavy atom. The van der Waals surface area contributed by atoms with Gasteiger partial charge in [0, 0.05) is 25.0 Å². The fourth-order valence-electron chi connectivity index (χ4n) is 4.72. The van der Waals surface area contributed by atoms with Gasteiger partial charge in [0.1, 0.15) is 0 Å². The van der Waals surface area contributed by atoms with Crippen molar-refractivity contribution in [1.82, 2.24) is 15.0 Å². The summed E-state index contributed by atoms with van der Waals surface area (Å²) < 4.78 is 24.7. The molecule has 0 aliphatic carbocycles. The number of hydrogen-bond acceptors (Lipinski definition) is 5. The molecule has 0 saturated carbocycles. The summed E-state index contributed by atoms with van der Waals surface area (Å²) in [5.41, 5.74) is 5.16. The molecule has 1 unspecified atom stereocenters. The first-order valence-corrected chi connectivity index (χ1v) is 12.7. The predicted octanol–water partition coefficient (Wildman–Crippen LogP) is 4.27. The van der Waals surface area contributed by atoms with Crippen LogP contribution in [0, 0.1) is 11.3 Å². The second-order valence-corrected chi connectivity index (χ2v) is 9.50. The third-order valence-electron chi connectivity index (χ3n) is 6.32. The van der Waals surface area contributed by atoms with Crippen LogP contribution in [-0.2, 0) is 30.8 Å². The largest absolute Gasteiger partial charge is 0.364 e. The topological polar surface area (TPSA) is 99.5 Å². The standard InChI is InChI=1S/C27H26N6O2S/c28-15-22-11-12-27-23(13-22)17-32(33(36(34)35)25-9-5-2-6-10-25)26(14-21-7-3-1-4-8-21)19-31(27)18-24-16-29-20-30-24/h1-13,16,20,26H,14,17-19H2,(H,29,30)(H,34,35)/t26-/m1/s1. The minimum atomic E-state index is -2.31. The van der Waals surface area contributed by atoms with E-state index in [4.69, 9.17) is 0 Å². The molecule has 1 aliphatic heterocycles. The molecule has 0 saturated heterocycles. The van der Waals surface area contributed by atoms with Crippen LogP contribution in [-0.4, -0.2) is 36.3 Å². The summed E-state index contributed by atoms with van der Waals surface area (Å²) in [6, 6.07) is 27.1. The number of benzene rings is 3. The van der Waals surface area contributed by atoms with Gasteiger partial charge in [-0.25, -0.2) is 9.19 Å². The summed E-state index contributed by atoms with van der Waals surface area (Å²) in [7, 11) is 0. The molecule has 2 N–H and O–H groups in total. The predicted molar refractivity (Wildman–Crippen MR) is 140 cm³/mol. The third-order valence-corrected chi connectivity index (χ3v) is 7.04. The SMILES string of the molecule is N#Cc1ccc2c(c1)CN(N(c1ccccc1)S(=O)O)[C@H](Cc1ccccc1)CN2Cc1cnc[nH]1. The van der Waals surface area contributed by atoms with E-state index in [0.29, 0.717) is 37.3 Å². The number of rotatable bonds is 7. The summed E-state index contributed by atoms with van der Waals surface area (Å²) in [6.07, 6.45) is 4.13. The highest BCUT2D eigenvalue weighted by Crippen LogP contribution is 2.33. The number of para-hydroxylation sites is 1. The number of hydrogen-bond donors (Lipinski definition) is 2. The number of nitrogens with one attached hydrogen (secondary N) is 1. The van der Waals surface area contributed by atoms with E-state index in [0.717, 1.165) is 22.5 Å². The Morgan fingerprint density at radius 1 is 1.11 bits per heavy atom. The van der Waals surface area contributed by atoms with Crippen molar-refractivity contribution < 1.29 is 8.76 Å². The van der Waals surface area contributed by atoms with Crippen LogP contribution in [0.1, 0.15) is 22.4 Å². The van der Waals surface area contributed by atoms with Gasteiger partial charge < -0.3 is 9.88 Å². The Bertz CT molecular complexity index is 1360. The van der Waals surface area contributed by atoms with Crippen LogP contribution in [0.25, 0.3) is 0 Å². The van der Waals surface area contributed by atoms with Crippen molar-refractivity contribution in [2.45, 2.75) is 25.6 Å². The highest BCUT2D eigenvalue weighted by Gasteiger charge is 2.34. The van der Waals surface area contributed by atoms with Gasteiger partial charge in [-0.05, 0) is 47.9 Å². The maximum absolute atomic E-state index is 12.8. The Hall–Kier alpha value is -3.97. The van der Waals surface area contributed by atoms with Crippen molar-refractivity contribution in [3.05, 3.63) is 114 Å². The summed E-state index contributed by atoms with van der Waals surface area (Å²) in [4.78, 5) is 9.60. The zero-order valence-electron chi connectivity index (χ0n) is 19.6. The fourth-order valence-corrected chi connectivity index (χ4v) is 5.39. The van der Waals surface area contributed by atoms with Crippen LogP contribution >= 0.6 is 0 Å². The molecular formula is C27H26N6O2S. The molecule has 182 valence electrons. The lowest BCUT2D eigenvalue weighted by molar-refractivity contribution is 0.203. The van der Waals surface area contributed by atoms with Crippen molar-refractivity contribution in [2.24, 2.45) is 0 Å². The zero-order chi connectivity index (χ0) is 24.9. The number of aromatic nitrogens is 2. The molecule has 0 spiro atoms. The van der Waals surface area contributed by atoms with E-state index in [1.165, 1.54) is 4.41 Å². The molecule has 9 heteroatoms. The first-order valence-electron chi connectivity index (χ1n) is 11.6. The van der Waals surface area contributed by atoms with Crippen molar-refractivity contribution in [1.29, 1.82) is 5.26 Å². The Kier molecular flexibility index (Phi) is 7.09. The van der Waals surface area contributed by atoms with Crippen molar-refractivity contribution >= 4 is 22.6 Å². The molecule has 4 aromatic rings. The average Bonchev–Trinajstić information content (AvgIpc) is 3.37. The van der Waals surface area contributed by atoms with Gasteiger partial charge in [-0.2, -0.15) is 14.7 Å². The van der Waals surface area contributed by atoms with Gasteiger partial charge in [0.25, 0.3) is 11.3 Å². The van der Waals surface area contributed by atoms with Crippen LogP contribution < -0.4 is 9.31 Å². The van der Waals surface area contributed by atoms with E-state index >= 15 is 0 Å². The summed E-state index contributed by atoms with van der Waals surface area (Å²) in [6.45, 7) is 1.54. The fraction of sp³-hybridized carbons (Fsp3) is 0.185. The molecule has 0 bridgehead atoms. The van der Waals surface area contributed by atoms with Gasteiger partial charge in [0.2, 0.25) is 0 Å². The molecule has 1 aromatic heterocycles. The van der Waals surface area contributed by atoms with E-state index in [1.807, 2.05) is 71.7 Å². The normalized spacial score (nSPS) is 16.6. The van der Waals surface area contributed by atoms with Gasteiger partial charge >= 0.3 is 0 Å². The Labute approximate surface area is 212 Å². The molecule has 0 fully saturated rings. The smallest absolute Gasteiger partial charge is 0.277 e. The van der Waals surface area contributed by atoms with Crippen molar-refractivity contribution in [3.63, 3.8) is 0 Å². The summed E-state index contributed by atoms with van der Waals surface area (Å²) in [5, 5.41) is 11.5. The Morgan fingerprint density at radius 2 is 1.86 bits per heavy atom. The third kappa shape index (κ3) is 5.16. The molecular weight excluding hydrogens is 472 g/mol. The van der Waals surface area contributed by atoms with Crippen LogP contribution in [0.15, 0.2) is 91.4 Å². The van der Waals surface area contributed by atoms with Crippen LogP contribution in [0.2, 0.25) is 0 Å². The molecule has 8 nitrogen and oxygen atoms in total. The van der Waals surface area contributed by atoms with E-state index in [-0.39, 0.29) is 6.04 Å². The molecule has 36 heavy (non-hydrogen) atoms. The number of imidazole rings is 1. The highest BCUT2D eigenvalue weighted by molar-refractivity contribution is 7.80. The minimum Gasteiger partial charge on any atom is -0.364 e. The van der Waals surface area contributed by atoms with Gasteiger partial charge in [0.05, 0.1) is 41.9 Å². The lowest BCUT2D eigenvalue weighted by Crippen LogP contribution is -2.52. The second-order valence-electron chi connectivity index (χ2n) is 8.69. The summed E-state index contributed by atoms with van der Waals surface area (Å²) >= 11 is -2.31. The monoisotopic (exact) mass is 498 g/mol. The average molecular weight is 499 g/mol. The maximum Gasteiger partial charge on any atom is 0.277 e. The van der Waals surface area contributed by atoms with Crippen LogP contribution in [0.5, 0.6) is 0 Å². The molecule has 2 atom stereocenters. The lowest BCUT2D eigenvalue weighted by atomic mass is 10.0. The molecule has 0 radical (unpaired) electrons. The first-order chi connectivity index (χ1) is 17.6.